The molecule has 0 spiro atoms. The minimum Gasteiger partial charge on any atom is -0.297 e. The van der Waals surface area contributed by atoms with Crippen LogP contribution in [0.3, 0.4) is 0 Å². The molecule has 0 fully saturated rings. The van der Waals surface area contributed by atoms with E-state index >= 15 is 0 Å². The number of carbonyl (C=O) groups excluding carboxylic acids is 1. The molecule has 0 saturated carbocycles. The van der Waals surface area contributed by atoms with Gasteiger partial charge in [0.1, 0.15) is 11.6 Å². The largest absolute Gasteiger partial charge is 0.297 e. The molecule has 3 aromatic rings. The van der Waals surface area contributed by atoms with Gasteiger partial charge in [0.05, 0.1) is 10.2 Å². The summed E-state index contributed by atoms with van der Waals surface area (Å²) in [5.41, 5.74) is 1.14. The van der Waals surface area contributed by atoms with Gasteiger partial charge in [0, 0.05) is 9.92 Å². The zero-order chi connectivity index (χ0) is 19.4. The van der Waals surface area contributed by atoms with Crippen molar-refractivity contribution in [3.63, 3.8) is 0 Å². The molecule has 0 aliphatic rings. The first-order valence-corrected chi connectivity index (χ1v) is 9.56. The average molecular weight is 422 g/mol. The van der Waals surface area contributed by atoms with Gasteiger partial charge in [0.15, 0.2) is 5.13 Å². The van der Waals surface area contributed by atoms with E-state index < -0.39 is 11.7 Å². The molecular formula is C18H10ClF2N3OS2. The van der Waals surface area contributed by atoms with Crippen molar-refractivity contribution in [1.29, 1.82) is 5.26 Å². The number of halogens is 3. The number of nitrogens with one attached hydrogen (secondary N) is 1. The number of carbonyl (C=O) groups is 1. The summed E-state index contributed by atoms with van der Waals surface area (Å²) in [5, 5.41) is 12.7. The quantitative estimate of drug-likeness (QED) is 0.320. The van der Waals surface area contributed by atoms with Crippen molar-refractivity contribution in [2.45, 2.75) is 10.7 Å². The molecule has 0 radical (unpaired) electrons. The van der Waals surface area contributed by atoms with E-state index in [1.807, 2.05) is 6.07 Å². The second-order valence-electron chi connectivity index (χ2n) is 5.20. The van der Waals surface area contributed by atoms with Crippen molar-refractivity contribution >= 4 is 62.0 Å². The fourth-order valence-corrected chi connectivity index (χ4v) is 3.81. The van der Waals surface area contributed by atoms with Gasteiger partial charge in [-0.15, -0.1) is 0 Å². The maximum absolute atomic E-state index is 12.5. The first-order chi connectivity index (χ1) is 12.9. The summed E-state index contributed by atoms with van der Waals surface area (Å²) in [6, 6.07) is 13.3. The van der Waals surface area contributed by atoms with Crippen LogP contribution in [0.1, 0.15) is 5.56 Å². The Kier molecular flexibility index (Phi) is 6.06. The van der Waals surface area contributed by atoms with Crippen molar-refractivity contribution in [3.8, 4) is 6.07 Å². The van der Waals surface area contributed by atoms with Gasteiger partial charge in [0.25, 0.3) is 11.7 Å². The number of anilines is 1. The number of nitrogens with zero attached hydrogens (tertiary/aromatic N) is 2. The third kappa shape index (κ3) is 5.04. The summed E-state index contributed by atoms with van der Waals surface area (Å²) in [5.74, 6) is -3.11. The van der Waals surface area contributed by atoms with Gasteiger partial charge in [-0.05, 0) is 42.0 Å². The highest BCUT2D eigenvalue weighted by Crippen LogP contribution is 2.32. The Morgan fingerprint density at radius 2 is 2.04 bits per heavy atom. The lowest BCUT2D eigenvalue weighted by atomic mass is 10.1. The van der Waals surface area contributed by atoms with Gasteiger partial charge in [-0.2, -0.15) is 14.0 Å². The molecule has 136 valence electrons. The molecule has 1 amide bonds. The van der Waals surface area contributed by atoms with Crippen molar-refractivity contribution < 1.29 is 13.6 Å². The molecule has 27 heavy (non-hydrogen) atoms. The van der Waals surface area contributed by atoms with E-state index in [0.29, 0.717) is 37.5 Å². The van der Waals surface area contributed by atoms with Crippen molar-refractivity contribution in [2.75, 3.05) is 5.32 Å². The Balaban J connectivity index is 1.79. The summed E-state index contributed by atoms with van der Waals surface area (Å²) in [6.07, 6.45) is 1.44. The molecule has 1 N–H and O–H groups in total. The molecule has 9 heteroatoms. The number of amides is 1. The highest BCUT2D eigenvalue weighted by atomic mass is 35.5. The van der Waals surface area contributed by atoms with E-state index in [2.05, 4.69) is 10.3 Å². The maximum atomic E-state index is 12.5. The van der Waals surface area contributed by atoms with Crippen LogP contribution < -0.4 is 5.32 Å². The summed E-state index contributed by atoms with van der Waals surface area (Å²) >= 11 is 7.41. The second kappa shape index (κ2) is 8.48. The molecule has 0 bridgehead atoms. The van der Waals surface area contributed by atoms with Crippen LogP contribution in [-0.4, -0.2) is 16.6 Å². The molecular weight excluding hydrogens is 412 g/mol. The Morgan fingerprint density at radius 1 is 1.30 bits per heavy atom. The monoisotopic (exact) mass is 421 g/mol. The van der Waals surface area contributed by atoms with Crippen molar-refractivity contribution in [3.05, 3.63) is 58.6 Å². The van der Waals surface area contributed by atoms with Gasteiger partial charge in [-0.3, -0.25) is 10.1 Å². The zero-order valence-corrected chi connectivity index (χ0v) is 15.8. The summed E-state index contributed by atoms with van der Waals surface area (Å²) < 4.78 is 25.6. The Hall–Kier alpha value is -2.47. The molecule has 1 aromatic heterocycles. The topological polar surface area (TPSA) is 65.8 Å². The zero-order valence-electron chi connectivity index (χ0n) is 13.4. The first kappa shape index (κ1) is 19.3. The van der Waals surface area contributed by atoms with Crippen LogP contribution >= 0.6 is 34.7 Å². The first-order valence-electron chi connectivity index (χ1n) is 7.49. The SMILES string of the molecule is N#CC(=Cc1ccc(Cl)cc1)C(=O)Nc1nc2ccc(SC(F)F)cc2s1. The van der Waals surface area contributed by atoms with Crippen LogP contribution in [0.4, 0.5) is 13.9 Å². The van der Waals surface area contributed by atoms with Crippen LogP contribution in [0.25, 0.3) is 16.3 Å². The summed E-state index contributed by atoms with van der Waals surface area (Å²) in [6.45, 7) is 0. The highest BCUT2D eigenvalue weighted by Gasteiger charge is 2.14. The number of thioether (sulfide) groups is 1. The van der Waals surface area contributed by atoms with Gasteiger partial charge >= 0.3 is 0 Å². The molecule has 0 atom stereocenters. The normalized spacial score (nSPS) is 11.6. The lowest BCUT2D eigenvalue weighted by Gasteiger charge is -2.00. The minimum absolute atomic E-state index is 0.0921. The average Bonchev–Trinajstić information content (AvgIpc) is 3.02. The fourth-order valence-electron chi connectivity index (χ4n) is 2.17. The Bertz CT molecular complexity index is 1060. The number of thiazole rings is 1. The van der Waals surface area contributed by atoms with Gasteiger partial charge < -0.3 is 0 Å². The molecule has 4 nitrogen and oxygen atoms in total. The molecule has 0 aliphatic heterocycles. The number of benzene rings is 2. The van der Waals surface area contributed by atoms with E-state index in [-0.39, 0.29) is 10.7 Å². The van der Waals surface area contributed by atoms with Crippen LogP contribution in [0.5, 0.6) is 0 Å². The summed E-state index contributed by atoms with van der Waals surface area (Å²) in [4.78, 5) is 17.0. The van der Waals surface area contributed by atoms with Gasteiger partial charge in [-0.25, -0.2) is 4.98 Å². The smallest absolute Gasteiger partial charge is 0.288 e. The third-order valence-electron chi connectivity index (χ3n) is 3.35. The van der Waals surface area contributed by atoms with E-state index in [0.717, 1.165) is 11.3 Å². The van der Waals surface area contributed by atoms with E-state index in [1.54, 1.807) is 42.5 Å². The lowest BCUT2D eigenvalue weighted by molar-refractivity contribution is -0.112. The number of rotatable bonds is 5. The van der Waals surface area contributed by atoms with E-state index in [1.165, 1.54) is 6.08 Å². The highest BCUT2D eigenvalue weighted by molar-refractivity contribution is 7.99. The van der Waals surface area contributed by atoms with Crippen LogP contribution in [-0.2, 0) is 4.79 Å². The van der Waals surface area contributed by atoms with Crippen molar-refractivity contribution in [2.24, 2.45) is 0 Å². The van der Waals surface area contributed by atoms with Crippen LogP contribution in [0.2, 0.25) is 5.02 Å². The molecule has 1 heterocycles. The predicted octanol–water partition coefficient (Wildman–Crippen LogP) is 5.81. The minimum atomic E-state index is -2.51. The number of hydrogen-bond donors (Lipinski definition) is 1. The van der Waals surface area contributed by atoms with Crippen LogP contribution in [0, 0.1) is 11.3 Å². The van der Waals surface area contributed by atoms with Gasteiger partial charge in [-0.1, -0.05) is 46.8 Å². The van der Waals surface area contributed by atoms with E-state index in [9.17, 15) is 18.8 Å². The maximum Gasteiger partial charge on any atom is 0.288 e. The third-order valence-corrected chi connectivity index (χ3v) is 5.24. The second-order valence-corrected chi connectivity index (χ2v) is 7.73. The molecule has 0 unspecified atom stereocenters. The number of fused-ring (bicyclic) bond motifs is 1. The summed E-state index contributed by atoms with van der Waals surface area (Å²) in [7, 11) is 0. The molecule has 2 aromatic carbocycles. The Labute approximate surface area is 166 Å². The number of aromatic nitrogens is 1. The lowest BCUT2D eigenvalue weighted by Crippen LogP contribution is -2.13. The standard InChI is InChI=1S/C18H10ClF2N3OS2/c19-12-3-1-10(2-4-12)7-11(9-22)16(25)24-18-23-14-6-5-13(26-17(20)21)8-15(14)27-18/h1-8,17H,(H,23,24,25). The van der Waals surface area contributed by atoms with Gasteiger partial charge in [0.2, 0.25) is 0 Å². The molecule has 3 rings (SSSR count). The van der Waals surface area contributed by atoms with E-state index in [4.69, 9.17) is 11.6 Å². The number of nitriles is 1. The number of hydrogen-bond acceptors (Lipinski definition) is 5. The number of alkyl halides is 2. The molecule has 0 aliphatic carbocycles. The Morgan fingerprint density at radius 3 is 2.70 bits per heavy atom. The fraction of sp³-hybridized carbons (Fsp3) is 0.0556. The molecule has 0 saturated heterocycles. The van der Waals surface area contributed by atoms with Crippen LogP contribution in [0.15, 0.2) is 52.9 Å². The predicted molar refractivity (Wildman–Crippen MR) is 105 cm³/mol. The van der Waals surface area contributed by atoms with Crippen molar-refractivity contribution in [1.82, 2.24) is 4.98 Å².